The zero-order valence-corrected chi connectivity index (χ0v) is 21.5. The molecular formula is C23H35N5O6S. The van der Waals surface area contributed by atoms with E-state index >= 15 is 0 Å². The molecule has 4 aliphatic rings. The smallest absolute Gasteiger partial charge is 0.410 e. The summed E-state index contributed by atoms with van der Waals surface area (Å²) in [5, 5.41) is 0. The summed E-state index contributed by atoms with van der Waals surface area (Å²) >= 11 is 0. The van der Waals surface area contributed by atoms with Crippen LogP contribution >= 0.6 is 0 Å². The third-order valence-corrected chi connectivity index (χ3v) is 8.83. The lowest BCUT2D eigenvalue weighted by atomic mass is 9.94. The first-order chi connectivity index (χ1) is 16.6. The van der Waals surface area contributed by atoms with Crippen LogP contribution in [0.2, 0.25) is 0 Å². The average Bonchev–Trinajstić information content (AvgIpc) is 3.53. The number of likely N-dealkylation sites (tertiary alicyclic amines) is 1. The van der Waals surface area contributed by atoms with E-state index in [0.29, 0.717) is 45.2 Å². The van der Waals surface area contributed by atoms with Gasteiger partial charge in [0.05, 0.1) is 37.3 Å². The largest absolute Gasteiger partial charge is 0.443 e. The van der Waals surface area contributed by atoms with Gasteiger partial charge in [0.2, 0.25) is 16.0 Å². The number of anilines is 1. The van der Waals surface area contributed by atoms with Gasteiger partial charge in [-0.15, -0.1) is 0 Å². The Morgan fingerprint density at radius 3 is 2.69 bits per heavy atom. The van der Waals surface area contributed by atoms with Crippen LogP contribution in [-0.2, 0) is 37.2 Å². The number of aromatic nitrogens is 2. The minimum Gasteiger partial charge on any atom is -0.443 e. The number of amides is 1. The van der Waals surface area contributed by atoms with Crippen molar-refractivity contribution in [1.29, 1.82) is 0 Å². The highest BCUT2D eigenvalue weighted by molar-refractivity contribution is 7.88. The quantitative estimate of drug-likeness (QED) is 0.531. The van der Waals surface area contributed by atoms with Crippen LogP contribution in [0.1, 0.15) is 37.4 Å². The predicted molar refractivity (Wildman–Crippen MR) is 128 cm³/mol. The molecule has 12 heteroatoms. The molecule has 4 heterocycles. The number of fused-ring (bicyclic) bond motifs is 1. The van der Waals surface area contributed by atoms with Crippen LogP contribution in [0.3, 0.4) is 0 Å². The summed E-state index contributed by atoms with van der Waals surface area (Å²) in [5.41, 5.74) is 1.52. The third kappa shape index (κ3) is 5.55. The molecule has 35 heavy (non-hydrogen) atoms. The maximum Gasteiger partial charge on any atom is 0.410 e. The molecule has 1 aromatic rings. The SMILES string of the molecule is COC1CN(C(=O)OC2(C)CC2)CCC1COC1CN(c2ncc3c(n2)CCN(S(C)(=O)=O)C3)C1. The molecule has 1 amide bonds. The number of nitrogens with zero attached hydrogens (tertiary/aromatic N) is 5. The van der Waals surface area contributed by atoms with Gasteiger partial charge in [-0.3, -0.25) is 0 Å². The highest BCUT2D eigenvalue weighted by Crippen LogP contribution is 2.39. The normalized spacial score (nSPS) is 26.7. The van der Waals surface area contributed by atoms with Crippen LogP contribution in [0.5, 0.6) is 0 Å². The fourth-order valence-electron chi connectivity index (χ4n) is 4.82. The van der Waals surface area contributed by atoms with Crippen molar-refractivity contribution in [3.8, 4) is 0 Å². The minimum atomic E-state index is -3.21. The summed E-state index contributed by atoms with van der Waals surface area (Å²) in [5.74, 6) is 0.898. The van der Waals surface area contributed by atoms with E-state index in [-0.39, 0.29) is 29.8 Å². The molecule has 5 rings (SSSR count). The molecule has 2 unspecified atom stereocenters. The number of ether oxygens (including phenoxy) is 3. The van der Waals surface area contributed by atoms with Gasteiger partial charge in [-0.1, -0.05) is 0 Å². The van der Waals surface area contributed by atoms with Crippen LogP contribution in [-0.4, -0.2) is 104 Å². The van der Waals surface area contributed by atoms with E-state index in [9.17, 15) is 13.2 Å². The summed E-state index contributed by atoms with van der Waals surface area (Å²) in [6.07, 6.45) is 6.05. The van der Waals surface area contributed by atoms with Gasteiger partial charge in [-0.25, -0.2) is 23.2 Å². The van der Waals surface area contributed by atoms with Crippen LogP contribution in [0.15, 0.2) is 6.20 Å². The standard InChI is InChI=1S/C23H35N5O6S/c1-23(6-7-23)34-22(29)26-8-4-16(20(14-26)32-2)15-33-18-12-27(13-18)21-24-10-17-11-28(35(3,30)31)9-5-19(17)25-21/h10,16,18,20H,4-9,11-15H2,1-3H3. The van der Waals surface area contributed by atoms with Gasteiger partial charge in [-0.05, 0) is 26.2 Å². The molecule has 1 saturated carbocycles. The van der Waals surface area contributed by atoms with Crippen LogP contribution in [0.25, 0.3) is 0 Å². The zero-order valence-electron chi connectivity index (χ0n) is 20.7. The van der Waals surface area contributed by atoms with Gasteiger partial charge in [-0.2, -0.15) is 4.31 Å². The second-order valence-electron chi connectivity index (χ2n) is 10.4. The Hall–Kier alpha value is -2.02. The topological polar surface area (TPSA) is 114 Å². The third-order valence-electron chi connectivity index (χ3n) is 7.58. The molecular weight excluding hydrogens is 474 g/mol. The van der Waals surface area contributed by atoms with Crippen molar-refractivity contribution < 1.29 is 27.4 Å². The summed E-state index contributed by atoms with van der Waals surface area (Å²) in [7, 11) is -1.53. The number of rotatable bonds is 7. The second kappa shape index (κ2) is 9.45. The van der Waals surface area contributed by atoms with Gasteiger partial charge in [0, 0.05) is 63.9 Å². The first-order valence-electron chi connectivity index (χ1n) is 12.3. The van der Waals surface area contributed by atoms with Crippen molar-refractivity contribution in [2.24, 2.45) is 5.92 Å². The van der Waals surface area contributed by atoms with Crippen molar-refractivity contribution in [1.82, 2.24) is 19.2 Å². The highest BCUT2D eigenvalue weighted by Gasteiger charge is 2.44. The Kier molecular flexibility index (Phi) is 6.66. The summed E-state index contributed by atoms with van der Waals surface area (Å²) in [6, 6.07) is 0. The second-order valence-corrected chi connectivity index (χ2v) is 12.4. The Balaban J connectivity index is 1.07. The first kappa shape index (κ1) is 24.7. The maximum atomic E-state index is 12.4. The van der Waals surface area contributed by atoms with Gasteiger partial charge in [0.1, 0.15) is 5.60 Å². The lowest BCUT2D eigenvalue weighted by Crippen LogP contribution is -2.55. The van der Waals surface area contributed by atoms with Crippen molar-refractivity contribution in [2.45, 2.75) is 57.0 Å². The molecule has 1 aromatic heterocycles. The lowest BCUT2D eigenvalue weighted by Gasteiger charge is -2.42. The van der Waals surface area contributed by atoms with Gasteiger partial charge in [0.25, 0.3) is 0 Å². The fraction of sp³-hybridized carbons (Fsp3) is 0.783. The van der Waals surface area contributed by atoms with E-state index in [0.717, 1.165) is 43.6 Å². The number of piperidine rings is 1. The van der Waals surface area contributed by atoms with Crippen molar-refractivity contribution >= 4 is 22.1 Å². The van der Waals surface area contributed by atoms with E-state index < -0.39 is 10.0 Å². The minimum absolute atomic E-state index is 0.0741. The van der Waals surface area contributed by atoms with E-state index in [1.807, 2.05) is 6.92 Å². The fourth-order valence-corrected chi connectivity index (χ4v) is 5.62. The predicted octanol–water partition coefficient (Wildman–Crippen LogP) is 1.03. The maximum absolute atomic E-state index is 12.4. The van der Waals surface area contributed by atoms with Crippen LogP contribution < -0.4 is 4.90 Å². The number of hydrogen-bond donors (Lipinski definition) is 0. The van der Waals surface area contributed by atoms with E-state index in [2.05, 4.69) is 14.9 Å². The molecule has 0 N–H and O–H groups in total. The Morgan fingerprint density at radius 2 is 2.00 bits per heavy atom. The summed E-state index contributed by atoms with van der Waals surface area (Å²) < 4.78 is 42.5. The number of carbonyl (C=O) groups is 1. The van der Waals surface area contributed by atoms with Crippen LogP contribution in [0.4, 0.5) is 10.7 Å². The lowest BCUT2D eigenvalue weighted by molar-refractivity contribution is -0.0658. The van der Waals surface area contributed by atoms with E-state index in [1.165, 1.54) is 10.6 Å². The van der Waals surface area contributed by atoms with Crippen molar-refractivity contribution in [2.75, 3.05) is 57.6 Å². The molecule has 0 aromatic carbocycles. The summed E-state index contributed by atoms with van der Waals surface area (Å²) in [6.45, 7) is 5.95. The van der Waals surface area contributed by atoms with Gasteiger partial charge < -0.3 is 24.0 Å². The molecule has 194 valence electrons. The molecule has 0 bridgehead atoms. The molecule has 3 aliphatic heterocycles. The molecule has 0 spiro atoms. The molecule has 3 fully saturated rings. The zero-order chi connectivity index (χ0) is 24.8. The Labute approximate surface area is 206 Å². The van der Waals surface area contributed by atoms with Crippen molar-refractivity contribution in [3.63, 3.8) is 0 Å². The number of sulfonamides is 1. The Morgan fingerprint density at radius 1 is 1.23 bits per heavy atom. The molecule has 11 nitrogen and oxygen atoms in total. The molecule has 0 radical (unpaired) electrons. The molecule has 2 atom stereocenters. The number of methoxy groups -OCH3 is 1. The van der Waals surface area contributed by atoms with Gasteiger partial charge in [0.15, 0.2) is 0 Å². The van der Waals surface area contributed by atoms with Crippen LogP contribution in [0, 0.1) is 5.92 Å². The first-order valence-corrected chi connectivity index (χ1v) is 14.2. The van der Waals surface area contributed by atoms with Gasteiger partial charge >= 0.3 is 6.09 Å². The molecule has 2 saturated heterocycles. The number of carbonyl (C=O) groups excluding carboxylic acids is 1. The van der Waals surface area contributed by atoms with E-state index in [4.69, 9.17) is 14.2 Å². The number of hydrogen-bond acceptors (Lipinski definition) is 9. The highest BCUT2D eigenvalue weighted by atomic mass is 32.2. The molecule has 1 aliphatic carbocycles. The van der Waals surface area contributed by atoms with Crippen molar-refractivity contribution in [3.05, 3.63) is 17.5 Å². The monoisotopic (exact) mass is 509 g/mol. The van der Waals surface area contributed by atoms with E-state index in [1.54, 1.807) is 18.2 Å². The Bertz CT molecular complexity index is 1060. The summed E-state index contributed by atoms with van der Waals surface area (Å²) in [4.78, 5) is 25.4. The average molecular weight is 510 g/mol.